The SMILES string of the molecule is CN1CCSC1=Nc1ccc(C=O)c(C(=O)NN)c1. The summed E-state index contributed by atoms with van der Waals surface area (Å²) >= 11 is 1.66. The molecule has 1 amide bonds. The summed E-state index contributed by atoms with van der Waals surface area (Å²) in [6, 6.07) is 4.83. The number of nitrogens with one attached hydrogen (secondary N) is 1. The van der Waals surface area contributed by atoms with Gasteiger partial charge in [-0.2, -0.15) is 0 Å². The second kappa shape index (κ2) is 5.85. The first-order chi connectivity index (χ1) is 9.15. The number of nitrogen functional groups attached to an aromatic ring is 1. The Hall–Kier alpha value is -1.86. The molecule has 1 aromatic carbocycles. The van der Waals surface area contributed by atoms with Gasteiger partial charge in [0.2, 0.25) is 0 Å². The first-order valence-electron chi connectivity index (χ1n) is 5.68. The van der Waals surface area contributed by atoms with Gasteiger partial charge in [-0.05, 0) is 18.2 Å². The van der Waals surface area contributed by atoms with Crippen LogP contribution in [0.3, 0.4) is 0 Å². The predicted molar refractivity (Wildman–Crippen MR) is 75.7 cm³/mol. The molecule has 1 fully saturated rings. The minimum Gasteiger partial charge on any atom is -0.353 e. The molecule has 0 aromatic heterocycles. The fraction of sp³-hybridized carbons (Fsp3) is 0.250. The summed E-state index contributed by atoms with van der Waals surface area (Å²) in [5.74, 6) is 5.59. The second-order valence-corrected chi connectivity index (χ2v) is 5.09. The smallest absolute Gasteiger partial charge is 0.265 e. The largest absolute Gasteiger partial charge is 0.353 e. The maximum absolute atomic E-state index is 11.6. The predicted octanol–water partition coefficient (Wildman–Crippen LogP) is 0.769. The van der Waals surface area contributed by atoms with Gasteiger partial charge in [0, 0.05) is 24.9 Å². The average molecular weight is 278 g/mol. The number of carbonyl (C=O) groups is 2. The van der Waals surface area contributed by atoms with Crippen molar-refractivity contribution in [3.8, 4) is 0 Å². The maximum atomic E-state index is 11.6. The number of thioether (sulfide) groups is 1. The molecule has 3 N–H and O–H groups in total. The Balaban J connectivity index is 2.38. The molecule has 0 radical (unpaired) electrons. The molecule has 0 unspecified atom stereocenters. The fourth-order valence-electron chi connectivity index (χ4n) is 1.70. The van der Waals surface area contributed by atoms with Gasteiger partial charge >= 0.3 is 0 Å². The third-order valence-electron chi connectivity index (χ3n) is 2.75. The van der Waals surface area contributed by atoms with Crippen molar-refractivity contribution in [1.29, 1.82) is 0 Å². The Bertz CT molecular complexity index is 545. The maximum Gasteiger partial charge on any atom is 0.265 e. The van der Waals surface area contributed by atoms with Crippen molar-refractivity contribution in [2.24, 2.45) is 10.8 Å². The lowest BCUT2D eigenvalue weighted by atomic mass is 10.1. The van der Waals surface area contributed by atoms with Crippen molar-refractivity contribution in [1.82, 2.24) is 10.3 Å². The van der Waals surface area contributed by atoms with E-state index in [1.807, 2.05) is 17.4 Å². The molecule has 6 nitrogen and oxygen atoms in total. The molecular weight excluding hydrogens is 264 g/mol. The molecule has 0 spiro atoms. The van der Waals surface area contributed by atoms with Crippen LogP contribution in [0.15, 0.2) is 23.2 Å². The van der Waals surface area contributed by atoms with Gasteiger partial charge in [-0.3, -0.25) is 15.0 Å². The Labute approximate surface area is 115 Å². The van der Waals surface area contributed by atoms with Crippen molar-refractivity contribution < 1.29 is 9.59 Å². The van der Waals surface area contributed by atoms with Crippen molar-refractivity contribution in [3.63, 3.8) is 0 Å². The number of rotatable bonds is 3. The van der Waals surface area contributed by atoms with Gasteiger partial charge in [0.1, 0.15) is 0 Å². The number of aliphatic imine (C=N–C) groups is 1. The highest BCUT2D eigenvalue weighted by Crippen LogP contribution is 2.23. The summed E-state index contributed by atoms with van der Waals surface area (Å²) < 4.78 is 0. The summed E-state index contributed by atoms with van der Waals surface area (Å²) in [6.07, 6.45) is 0.623. The van der Waals surface area contributed by atoms with E-state index in [1.54, 1.807) is 30.0 Å². The molecule has 1 aromatic rings. The molecule has 1 saturated heterocycles. The summed E-state index contributed by atoms with van der Waals surface area (Å²) in [5.41, 5.74) is 3.17. The van der Waals surface area contributed by atoms with E-state index in [0.717, 1.165) is 17.5 Å². The van der Waals surface area contributed by atoms with Gasteiger partial charge in [0.25, 0.3) is 5.91 Å². The molecule has 0 atom stereocenters. The summed E-state index contributed by atoms with van der Waals surface area (Å²) in [4.78, 5) is 29.0. The summed E-state index contributed by atoms with van der Waals surface area (Å²) in [7, 11) is 1.96. The van der Waals surface area contributed by atoms with Crippen LogP contribution < -0.4 is 11.3 Å². The third-order valence-corrected chi connectivity index (χ3v) is 3.80. The normalized spacial score (nSPS) is 16.7. The quantitative estimate of drug-likeness (QED) is 0.369. The number of nitrogens with zero attached hydrogens (tertiary/aromatic N) is 2. The minimum atomic E-state index is -0.503. The van der Waals surface area contributed by atoms with Crippen molar-refractivity contribution in [2.45, 2.75) is 0 Å². The van der Waals surface area contributed by atoms with Crippen LogP contribution in [-0.2, 0) is 0 Å². The van der Waals surface area contributed by atoms with Crippen molar-refractivity contribution in [3.05, 3.63) is 29.3 Å². The third kappa shape index (κ3) is 2.94. The average Bonchev–Trinajstić information content (AvgIpc) is 2.83. The lowest BCUT2D eigenvalue weighted by molar-refractivity contribution is 0.0948. The van der Waals surface area contributed by atoms with E-state index in [4.69, 9.17) is 5.84 Å². The molecule has 1 aliphatic rings. The fourth-order valence-corrected chi connectivity index (χ4v) is 2.73. The minimum absolute atomic E-state index is 0.227. The Kier molecular flexibility index (Phi) is 4.18. The first kappa shape index (κ1) is 13.6. The van der Waals surface area contributed by atoms with Gasteiger partial charge in [-0.1, -0.05) is 11.8 Å². The zero-order chi connectivity index (χ0) is 13.8. The van der Waals surface area contributed by atoms with E-state index in [9.17, 15) is 9.59 Å². The number of amides is 1. The summed E-state index contributed by atoms with van der Waals surface area (Å²) in [6.45, 7) is 0.950. The molecule has 1 aliphatic heterocycles. The van der Waals surface area contributed by atoms with E-state index in [0.29, 0.717) is 17.5 Å². The second-order valence-electron chi connectivity index (χ2n) is 4.03. The van der Waals surface area contributed by atoms with Gasteiger partial charge in [-0.15, -0.1) is 0 Å². The number of nitrogens with two attached hydrogens (primary N) is 1. The van der Waals surface area contributed by atoms with E-state index in [2.05, 4.69) is 4.99 Å². The van der Waals surface area contributed by atoms with Crippen LogP contribution in [0.1, 0.15) is 20.7 Å². The molecule has 19 heavy (non-hydrogen) atoms. The Morgan fingerprint density at radius 2 is 2.37 bits per heavy atom. The van der Waals surface area contributed by atoms with Crippen LogP contribution in [0.4, 0.5) is 5.69 Å². The standard InChI is InChI=1S/C12H14N4O2S/c1-16-4-5-19-12(16)14-9-3-2-8(7-17)10(6-9)11(18)15-13/h2-3,6-7H,4-5,13H2,1H3,(H,15,18). The van der Waals surface area contributed by atoms with Gasteiger partial charge in [0.15, 0.2) is 11.5 Å². The highest BCUT2D eigenvalue weighted by atomic mass is 32.2. The first-order valence-corrected chi connectivity index (χ1v) is 6.67. The topological polar surface area (TPSA) is 87.8 Å². The van der Waals surface area contributed by atoms with Gasteiger partial charge in [-0.25, -0.2) is 10.8 Å². The molecule has 100 valence electrons. The van der Waals surface area contributed by atoms with Crippen molar-refractivity contribution >= 4 is 34.8 Å². The monoisotopic (exact) mass is 278 g/mol. The Morgan fingerprint density at radius 1 is 1.58 bits per heavy atom. The van der Waals surface area contributed by atoms with Crippen LogP contribution in [0.5, 0.6) is 0 Å². The van der Waals surface area contributed by atoms with E-state index in [-0.39, 0.29) is 5.56 Å². The molecule has 1 heterocycles. The number of hydrogen-bond donors (Lipinski definition) is 2. The highest BCUT2D eigenvalue weighted by Gasteiger charge is 2.16. The number of aldehydes is 1. The molecule has 0 aliphatic carbocycles. The molecule has 0 bridgehead atoms. The van der Waals surface area contributed by atoms with Crippen LogP contribution in [0.25, 0.3) is 0 Å². The zero-order valence-electron chi connectivity index (χ0n) is 10.4. The number of carbonyl (C=O) groups excluding carboxylic acids is 2. The number of amidine groups is 1. The highest BCUT2D eigenvalue weighted by molar-refractivity contribution is 8.14. The lowest BCUT2D eigenvalue weighted by Crippen LogP contribution is -2.30. The van der Waals surface area contributed by atoms with Crippen LogP contribution >= 0.6 is 11.8 Å². The van der Waals surface area contributed by atoms with Gasteiger partial charge < -0.3 is 4.90 Å². The van der Waals surface area contributed by atoms with E-state index >= 15 is 0 Å². The number of hydrogen-bond acceptors (Lipinski definition) is 5. The Morgan fingerprint density at radius 3 is 2.95 bits per heavy atom. The van der Waals surface area contributed by atoms with E-state index < -0.39 is 5.91 Å². The van der Waals surface area contributed by atoms with E-state index in [1.165, 1.54) is 0 Å². The van der Waals surface area contributed by atoms with Crippen LogP contribution in [0, 0.1) is 0 Å². The number of hydrazine groups is 1. The summed E-state index contributed by atoms with van der Waals surface area (Å²) in [5, 5.41) is 0.901. The van der Waals surface area contributed by atoms with Crippen LogP contribution in [0.2, 0.25) is 0 Å². The lowest BCUT2D eigenvalue weighted by Gasteiger charge is -2.10. The molecule has 0 saturated carbocycles. The molecular formula is C12H14N4O2S. The number of benzene rings is 1. The zero-order valence-corrected chi connectivity index (χ0v) is 11.2. The van der Waals surface area contributed by atoms with Crippen LogP contribution in [-0.4, -0.2) is 41.6 Å². The molecule has 2 rings (SSSR count). The van der Waals surface area contributed by atoms with Crippen molar-refractivity contribution in [2.75, 3.05) is 19.3 Å². The van der Waals surface area contributed by atoms with Gasteiger partial charge in [0.05, 0.1) is 11.3 Å². The molecule has 7 heteroatoms.